The van der Waals surface area contributed by atoms with Gasteiger partial charge in [-0.2, -0.15) is 13.2 Å². The molecule has 11 heteroatoms. The number of nitrogens with zero attached hydrogens (tertiary/aromatic N) is 2. The van der Waals surface area contributed by atoms with Gasteiger partial charge in [0.2, 0.25) is 11.8 Å². The summed E-state index contributed by atoms with van der Waals surface area (Å²) in [4.78, 5) is 45.5. The molecule has 2 aromatic carbocycles. The summed E-state index contributed by atoms with van der Waals surface area (Å²) in [5.74, 6) is -2.58. The molecule has 0 radical (unpaired) electrons. The molecule has 1 fully saturated rings. The summed E-state index contributed by atoms with van der Waals surface area (Å²) in [6.07, 6.45) is -4.61. The van der Waals surface area contributed by atoms with Gasteiger partial charge in [-0.05, 0) is 49.7 Å². The van der Waals surface area contributed by atoms with Crippen molar-refractivity contribution >= 4 is 46.3 Å². The summed E-state index contributed by atoms with van der Waals surface area (Å²) >= 11 is 2.09. The van der Waals surface area contributed by atoms with Crippen LogP contribution in [-0.4, -0.2) is 35.1 Å². The molecule has 1 saturated heterocycles. The van der Waals surface area contributed by atoms with Crippen LogP contribution in [0.3, 0.4) is 0 Å². The van der Waals surface area contributed by atoms with Crippen molar-refractivity contribution in [3.05, 3.63) is 74.2 Å². The number of benzene rings is 2. The van der Waals surface area contributed by atoms with Crippen molar-refractivity contribution in [1.29, 1.82) is 0 Å². The summed E-state index contributed by atoms with van der Waals surface area (Å²) < 4.78 is 39.9. The van der Waals surface area contributed by atoms with Gasteiger partial charge >= 0.3 is 11.0 Å². The van der Waals surface area contributed by atoms with Crippen LogP contribution in [0.1, 0.15) is 35.8 Å². The Morgan fingerprint density at radius 2 is 1.69 bits per heavy atom. The Kier molecular flexibility index (Phi) is 6.24. The second-order valence-corrected chi connectivity index (χ2v) is 10.7. The van der Waals surface area contributed by atoms with Crippen molar-refractivity contribution in [2.24, 2.45) is 5.92 Å². The molecule has 2 aliphatic heterocycles. The number of fused-ring (bicyclic) bond motifs is 2. The molecule has 3 atom stereocenters. The number of hydrogen-bond donors (Lipinski definition) is 1. The Hall–Kier alpha value is -3.05. The van der Waals surface area contributed by atoms with Gasteiger partial charge in [-0.3, -0.25) is 14.4 Å². The van der Waals surface area contributed by atoms with Crippen molar-refractivity contribution < 1.29 is 22.8 Å². The Balaban J connectivity index is 1.58. The first-order chi connectivity index (χ1) is 17.1. The second-order valence-electron chi connectivity index (χ2n) is 8.57. The molecule has 1 N–H and O–H groups in total. The van der Waals surface area contributed by atoms with Gasteiger partial charge < -0.3 is 9.88 Å². The first kappa shape index (κ1) is 24.6. The first-order valence-electron chi connectivity index (χ1n) is 11.4. The molecule has 0 aliphatic carbocycles. The second kappa shape index (κ2) is 9.11. The van der Waals surface area contributed by atoms with E-state index >= 15 is 0 Å². The maximum absolute atomic E-state index is 13.7. The third-order valence-electron chi connectivity index (χ3n) is 6.64. The molecule has 0 unspecified atom stereocenters. The van der Waals surface area contributed by atoms with E-state index in [1.165, 1.54) is 12.1 Å². The van der Waals surface area contributed by atoms with Gasteiger partial charge in [0, 0.05) is 29.6 Å². The van der Waals surface area contributed by atoms with Crippen LogP contribution < -0.4 is 14.7 Å². The fourth-order valence-electron chi connectivity index (χ4n) is 4.93. The number of alkyl halides is 3. The van der Waals surface area contributed by atoms with E-state index in [-0.39, 0.29) is 10.6 Å². The van der Waals surface area contributed by atoms with Crippen molar-refractivity contribution in [2.45, 2.75) is 36.2 Å². The van der Waals surface area contributed by atoms with E-state index in [1.54, 1.807) is 0 Å². The lowest BCUT2D eigenvalue weighted by Crippen LogP contribution is -2.32. The minimum atomic E-state index is -4.61. The summed E-state index contributed by atoms with van der Waals surface area (Å²) in [6, 6.07) is 11.9. The molecule has 0 bridgehead atoms. The number of H-pyrrole nitrogens is 1. The summed E-state index contributed by atoms with van der Waals surface area (Å²) in [5, 5.41) is -0.339. The smallest absolute Gasteiger partial charge is 0.372 e. The minimum absolute atomic E-state index is 0.109. The fraction of sp³-hybridized carbons (Fsp3) is 0.320. The molecule has 3 aromatic rings. The average Bonchev–Trinajstić information content (AvgIpc) is 3.34. The molecule has 188 valence electrons. The van der Waals surface area contributed by atoms with E-state index in [2.05, 4.69) is 23.7 Å². The van der Waals surface area contributed by atoms with Crippen molar-refractivity contribution in [1.82, 2.24) is 4.98 Å². The van der Waals surface area contributed by atoms with E-state index < -0.39 is 40.6 Å². The molecule has 5 rings (SSSR count). The molecule has 2 amide bonds. The third-order valence-corrected chi connectivity index (χ3v) is 9.04. The molecule has 1 aromatic heterocycles. The highest BCUT2D eigenvalue weighted by Gasteiger charge is 2.56. The molecular weight excluding hydrogens is 511 g/mol. The number of rotatable bonds is 5. The number of anilines is 2. The normalized spacial score (nSPS) is 21.5. The lowest BCUT2D eigenvalue weighted by atomic mass is 9.83. The number of carbonyl (C=O) groups excluding carboxylic acids is 2. The quantitative estimate of drug-likeness (QED) is 0.462. The van der Waals surface area contributed by atoms with Crippen LogP contribution >= 0.6 is 23.1 Å². The molecule has 0 saturated carbocycles. The Morgan fingerprint density at radius 1 is 1.00 bits per heavy atom. The number of aromatic amines is 1. The van der Waals surface area contributed by atoms with Gasteiger partial charge in [-0.1, -0.05) is 41.3 Å². The number of nitrogens with one attached hydrogen (secondary N) is 1. The number of hydrogen-bond acceptors (Lipinski definition) is 6. The fourth-order valence-corrected chi connectivity index (χ4v) is 7.45. The number of carbonyl (C=O) groups is 2. The molecule has 36 heavy (non-hydrogen) atoms. The van der Waals surface area contributed by atoms with Gasteiger partial charge in [0.25, 0.3) is 0 Å². The highest BCUT2D eigenvalue weighted by Crippen LogP contribution is 2.53. The molecule has 6 nitrogen and oxygen atoms in total. The number of thioether (sulfide) groups is 1. The lowest BCUT2D eigenvalue weighted by molar-refractivity contribution is -0.137. The van der Waals surface area contributed by atoms with Crippen LogP contribution in [0.5, 0.6) is 0 Å². The van der Waals surface area contributed by atoms with Crippen molar-refractivity contribution in [3.63, 3.8) is 0 Å². The first-order valence-corrected chi connectivity index (χ1v) is 13.1. The van der Waals surface area contributed by atoms with Crippen LogP contribution in [-0.2, 0) is 15.8 Å². The Morgan fingerprint density at radius 3 is 2.33 bits per heavy atom. The monoisotopic (exact) mass is 533 g/mol. The lowest BCUT2D eigenvalue weighted by Gasteiger charge is -2.30. The van der Waals surface area contributed by atoms with Gasteiger partial charge in [-0.15, -0.1) is 0 Å². The van der Waals surface area contributed by atoms with E-state index in [4.69, 9.17) is 0 Å². The van der Waals surface area contributed by atoms with Crippen LogP contribution in [0.2, 0.25) is 0 Å². The molecule has 3 heterocycles. The zero-order valence-corrected chi connectivity index (χ0v) is 21.0. The molecule has 2 aliphatic rings. The zero-order valence-electron chi connectivity index (χ0n) is 19.3. The minimum Gasteiger partial charge on any atom is -0.372 e. The van der Waals surface area contributed by atoms with Crippen LogP contribution in [0.15, 0.2) is 58.4 Å². The highest BCUT2D eigenvalue weighted by molar-refractivity contribution is 8.00. The molecule has 0 spiro atoms. The van der Waals surface area contributed by atoms with Crippen LogP contribution in [0, 0.1) is 5.92 Å². The largest absolute Gasteiger partial charge is 0.416 e. The standard InChI is InChI=1S/C25H22F3N3O3S2/c1-3-30(4-2)15-10-8-13(9-11-15)17-18-20(35-21-19(17)36-24(34)29-21)23(33)31(22(18)32)16-7-5-6-14(12-16)25(26,27)28/h5-12,17-18,20H,3-4H2,1-2H3,(H,29,34)/t17-,18-,20+/m0/s1. The third kappa shape index (κ3) is 4.03. The van der Waals surface area contributed by atoms with Crippen molar-refractivity contribution in [3.8, 4) is 0 Å². The van der Waals surface area contributed by atoms with Gasteiger partial charge in [0.1, 0.15) is 5.25 Å². The number of amides is 2. The topological polar surface area (TPSA) is 73.5 Å². The van der Waals surface area contributed by atoms with Gasteiger partial charge in [0.15, 0.2) is 0 Å². The summed E-state index contributed by atoms with van der Waals surface area (Å²) in [5.41, 5.74) is 0.731. The summed E-state index contributed by atoms with van der Waals surface area (Å²) in [6.45, 7) is 5.75. The molecular formula is C25H22F3N3O3S2. The maximum atomic E-state index is 13.7. The number of imide groups is 1. The highest BCUT2D eigenvalue weighted by atomic mass is 32.2. The van der Waals surface area contributed by atoms with E-state index in [9.17, 15) is 27.6 Å². The number of thiazole rings is 1. The predicted molar refractivity (Wildman–Crippen MR) is 134 cm³/mol. The van der Waals surface area contributed by atoms with Gasteiger partial charge in [-0.25, -0.2) is 4.90 Å². The summed E-state index contributed by atoms with van der Waals surface area (Å²) in [7, 11) is 0. The Bertz CT molecular complexity index is 1380. The average molecular weight is 534 g/mol. The van der Waals surface area contributed by atoms with Crippen LogP contribution in [0.25, 0.3) is 0 Å². The zero-order chi connectivity index (χ0) is 25.8. The van der Waals surface area contributed by atoms with E-state index in [0.29, 0.717) is 9.90 Å². The SMILES string of the molecule is CCN(CC)c1ccc([C@@H]2c3sc(=O)[nH]c3S[C@H]3C(=O)N(c4cccc(C(F)(F)F)c4)C(=O)[C@@H]23)cc1. The van der Waals surface area contributed by atoms with Crippen molar-refractivity contribution in [2.75, 3.05) is 22.9 Å². The van der Waals surface area contributed by atoms with E-state index in [0.717, 1.165) is 64.5 Å². The maximum Gasteiger partial charge on any atom is 0.416 e. The number of aromatic nitrogens is 1. The predicted octanol–water partition coefficient (Wildman–Crippen LogP) is 5.10. The number of halogens is 3. The van der Waals surface area contributed by atoms with Crippen LogP contribution in [0.4, 0.5) is 24.5 Å². The van der Waals surface area contributed by atoms with E-state index in [1.807, 2.05) is 24.3 Å². The van der Waals surface area contributed by atoms with Gasteiger partial charge in [0.05, 0.1) is 22.2 Å². The Labute approximate surface area is 213 Å².